The molecular formula is C13H13ClN2O. The van der Waals surface area contributed by atoms with Gasteiger partial charge in [-0.2, -0.15) is 0 Å². The van der Waals surface area contributed by atoms with E-state index in [1.165, 1.54) is 0 Å². The molecule has 2 heterocycles. The molecule has 0 saturated heterocycles. The Balaban J connectivity index is 2.51. The largest absolute Gasteiger partial charge is 0.508 e. The van der Waals surface area contributed by atoms with E-state index in [1.807, 2.05) is 18.7 Å². The van der Waals surface area contributed by atoms with E-state index >= 15 is 0 Å². The Morgan fingerprint density at radius 3 is 2.71 bits per heavy atom. The summed E-state index contributed by atoms with van der Waals surface area (Å²) in [6.45, 7) is 7.79. The first-order chi connectivity index (χ1) is 7.99. The second kappa shape index (κ2) is 4.26. The van der Waals surface area contributed by atoms with Crippen molar-refractivity contribution in [3.05, 3.63) is 58.9 Å². The lowest BCUT2D eigenvalue weighted by atomic mass is 10.1. The van der Waals surface area contributed by atoms with Gasteiger partial charge in [0.15, 0.2) is 0 Å². The minimum absolute atomic E-state index is 0.210. The number of aryl methyl sites for hydroxylation is 1. The van der Waals surface area contributed by atoms with Gasteiger partial charge in [0.1, 0.15) is 10.9 Å². The summed E-state index contributed by atoms with van der Waals surface area (Å²) in [4.78, 5) is 5.96. The Morgan fingerprint density at radius 1 is 1.35 bits per heavy atom. The van der Waals surface area contributed by atoms with Crippen molar-refractivity contribution in [1.29, 1.82) is 0 Å². The summed E-state index contributed by atoms with van der Waals surface area (Å²) in [5.74, 6) is 0.210. The molecular weight excluding hydrogens is 236 g/mol. The fraction of sp³-hybridized carbons (Fsp3) is 0.154. The van der Waals surface area contributed by atoms with Crippen molar-refractivity contribution in [2.24, 2.45) is 0 Å². The molecule has 0 atom stereocenters. The van der Waals surface area contributed by atoms with Gasteiger partial charge in [0.2, 0.25) is 0 Å². The van der Waals surface area contributed by atoms with Crippen molar-refractivity contribution in [2.75, 3.05) is 4.90 Å². The summed E-state index contributed by atoms with van der Waals surface area (Å²) >= 11 is 5.91. The molecule has 88 valence electrons. The number of hydrogen-bond donors (Lipinski definition) is 1. The summed E-state index contributed by atoms with van der Waals surface area (Å²) in [7, 11) is 0. The third-order valence-corrected chi connectivity index (χ3v) is 2.80. The number of aromatic nitrogens is 1. The highest BCUT2D eigenvalue weighted by atomic mass is 35.5. The molecule has 0 unspecified atom stereocenters. The zero-order valence-corrected chi connectivity index (χ0v) is 10.5. The van der Waals surface area contributed by atoms with Gasteiger partial charge in [-0.3, -0.25) is 0 Å². The van der Waals surface area contributed by atoms with Crippen LogP contribution < -0.4 is 4.90 Å². The van der Waals surface area contributed by atoms with E-state index < -0.39 is 0 Å². The van der Waals surface area contributed by atoms with Gasteiger partial charge >= 0.3 is 0 Å². The molecule has 3 nitrogen and oxygen atoms in total. The van der Waals surface area contributed by atoms with Crippen LogP contribution in [0.3, 0.4) is 0 Å². The number of rotatable bonds is 1. The molecule has 17 heavy (non-hydrogen) atoms. The van der Waals surface area contributed by atoms with Gasteiger partial charge in [0.25, 0.3) is 0 Å². The van der Waals surface area contributed by atoms with Crippen LogP contribution in [0.1, 0.15) is 12.5 Å². The standard InChI is InChI=1S/C13H13ClN2O/c1-8-7-15-13(14)6-12(8)16-9(2)4-11(17)5-10(16)3/h4-7,17H,2H2,1,3H3. The molecule has 2 rings (SSSR count). The molecule has 0 radical (unpaired) electrons. The minimum atomic E-state index is 0.210. The minimum Gasteiger partial charge on any atom is -0.508 e. The van der Waals surface area contributed by atoms with Crippen molar-refractivity contribution in [2.45, 2.75) is 13.8 Å². The summed E-state index contributed by atoms with van der Waals surface area (Å²) in [5.41, 5.74) is 3.51. The quantitative estimate of drug-likeness (QED) is 0.770. The van der Waals surface area contributed by atoms with Gasteiger partial charge in [-0.05, 0) is 31.6 Å². The number of pyridine rings is 1. The van der Waals surface area contributed by atoms with E-state index in [-0.39, 0.29) is 5.76 Å². The fourth-order valence-corrected chi connectivity index (χ4v) is 2.01. The number of hydrogen-bond acceptors (Lipinski definition) is 3. The third-order valence-electron chi connectivity index (χ3n) is 2.59. The molecule has 0 fully saturated rings. The molecule has 0 bridgehead atoms. The van der Waals surface area contributed by atoms with E-state index in [2.05, 4.69) is 11.6 Å². The van der Waals surface area contributed by atoms with Crippen molar-refractivity contribution in [1.82, 2.24) is 4.98 Å². The molecule has 1 aromatic heterocycles. The zero-order valence-electron chi connectivity index (χ0n) is 9.74. The monoisotopic (exact) mass is 248 g/mol. The molecule has 0 aliphatic carbocycles. The van der Waals surface area contributed by atoms with Crippen LogP contribution in [0.4, 0.5) is 5.69 Å². The van der Waals surface area contributed by atoms with Crippen LogP contribution >= 0.6 is 11.6 Å². The van der Waals surface area contributed by atoms with Crippen LogP contribution in [-0.2, 0) is 0 Å². The normalized spacial score (nSPS) is 15.7. The van der Waals surface area contributed by atoms with Gasteiger partial charge in [0, 0.05) is 23.7 Å². The van der Waals surface area contributed by atoms with Crippen LogP contribution in [0, 0.1) is 6.92 Å². The Hall–Kier alpha value is -1.74. The summed E-state index contributed by atoms with van der Waals surface area (Å²) in [6, 6.07) is 1.79. The first kappa shape index (κ1) is 11.7. The van der Waals surface area contributed by atoms with Crippen molar-refractivity contribution in [3.8, 4) is 0 Å². The number of aliphatic hydroxyl groups excluding tert-OH is 1. The SMILES string of the molecule is C=C1C=C(O)C=C(C)N1c1cc(Cl)ncc1C. The van der Waals surface area contributed by atoms with Gasteiger partial charge in [-0.1, -0.05) is 18.2 Å². The van der Waals surface area contributed by atoms with Crippen LogP contribution in [0.5, 0.6) is 0 Å². The Kier molecular flexibility index (Phi) is 2.94. The van der Waals surface area contributed by atoms with Crippen molar-refractivity contribution < 1.29 is 5.11 Å². The Labute approximate surface area is 105 Å². The number of aliphatic hydroxyl groups is 1. The lowest BCUT2D eigenvalue weighted by molar-refractivity contribution is 0.429. The summed E-state index contributed by atoms with van der Waals surface area (Å²) in [5, 5.41) is 9.93. The fourth-order valence-electron chi connectivity index (χ4n) is 1.86. The van der Waals surface area contributed by atoms with Gasteiger partial charge in [-0.25, -0.2) is 4.98 Å². The molecule has 0 spiro atoms. The first-order valence-electron chi connectivity index (χ1n) is 5.19. The third kappa shape index (κ3) is 2.19. The van der Waals surface area contributed by atoms with Gasteiger partial charge in [-0.15, -0.1) is 0 Å². The number of halogens is 1. The van der Waals surface area contributed by atoms with E-state index in [0.29, 0.717) is 10.9 Å². The van der Waals surface area contributed by atoms with Crippen molar-refractivity contribution >= 4 is 17.3 Å². The lowest BCUT2D eigenvalue weighted by Crippen LogP contribution is -2.22. The number of allylic oxidation sites excluding steroid dienone is 3. The molecule has 1 N–H and O–H groups in total. The smallest absolute Gasteiger partial charge is 0.131 e. The summed E-state index contributed by atoms with van der Waals surface area (Å²) in [6.07, 6.45) is 5.01. The molecule has 0 aromatic carbocycles. The van der Waals surface area contributed by atoms with Crippen LogP contribution in [0.2, 0.25) is 5.15 Å². The van der Waals surface area contributed by atoms with Crippen LogP contribution in [0.15, 0.2) is 48.1 Å². The molecule has 1 aromatic rings. The number of nitrogens with zero attached hydrogens (tertiary/aromatic N) is 2. The maximum absolute atomic E-state index is 9.50. The number of anilines is 1. The highest BCUT2D eigenvalue weighted by Gasteiger charge is 2.18. The highest BCUT2D eigenvalue weighted by Crippen LogP contribution is 2.31. The average Bonchev–Trinajstić information content (AvgIpc) is 2.21. The maximum Gasteiger partial charge on any atom is 0.131 e. The molecule has 0 amide bonds. The van der Waals surface area contributed by atoms with E-state index in [0.717, 1.165) is 16.9 Å². The molecule has 1 aliphatic rings. The maximum atomic E-state index is 9.50. The van der Waals surface area contributed by atoms with Crippen LogP contribution in [0.25, 0.3) is 0 Å². The lowest BCUT2D eigenvalue weighted by Gasteiger charge is -2.29. The first-order valence-corrected chi connectivity index (χ1v) is 5.57. The summed E-state index contributed by atoms with van der Waals surface area (Å²) < 4.78 is 0. The predicted octanol–water partition coefficient (Wildman–Crippen LogP) is 3.72. The molecule has 1 aliphatic heterocycles. The molecule has 0 saturated carbocycles. The van der Waals surface area contributed by atoms with E-state index in [1.54, 1.807) is 24.4 Å². The van der Waals surface area contributed by atoms with E-state index in [4.69, 9.17) is 11.6 Å². The van der Waals surface area contributed by atoms with Gasteiger partial charge in [0.05, 0.1) is 5.69 Å². The Bertz CT molecular complexity index is 546. The van der Waals surface area contributed by atoms with Crippen LogP contribution in [-0.4, -0.2) is 10.1 Å². The highest BCUT2D eigenvalue weighted by molar-refractivity contribution is 6.29. The average molecular weight is 249 g/mol. The predicted molar refractivity (Wildman–Crippen MR) is 70.1 cm³/mol. The zero-order chi connectivity index (χ0) is 12.6. The topological polar surface area (TPSA) is 36.4 Å². The Morgan fingerprint density at radius 2 is 2.06 bits per heavy atom. The second-order valence-electron chi connectivity index (χ2n) is 3.98. The second-order valence-corrected chi connectivity index (χ2v) is 4.36. The van der Waals surface area contributed by atoms with Gasteiger partial charge < -0.3 is 10.0 Å². The van der Waals surface area contributed by atoms with Crippen molar-refractivity contribution in [3.63, 3.8) is 0 Å². The molecule has 4 heteroatoms. The van der Waals surface area contributed by atoms with E-state index in [9.17, 15) is 5.11 Å².